The minimum absolute atomic E-state index is 0.113. The molecule has 1 aromatic carbocycles. The van der Waals surface area contributed by atoms with Gasteiger partial charge in [-0.2, -0.15) is 0 Å². The highest BCUT2D eigenvalue weighted by Gasteiger charge is 2.41. The number of carbonyl (C=O) groups is 2. The first-order valence-electron chi connectivity index (χ1n) is 7.05. The van der Waals surface area contributed by atoms with Gasteiger partial charge in [-0.25, -0.2) is 18.5 Å². The smallest absolute Gasteiger partial charge is 0.283 e. The average Bonchev–Trinajstić information content (AvgIpc) is 2.77. The Bertz CT molecular complexity index is 828. The van der Waals surface area contributed by atoms with E-state index in [2.05, 4.69) is 0 Å². The van der Waals surface area contributed by atoms with Gasteiger partial charge in [0.2, 0.25) is 10.0 Å². The fourth-order valence-corrected chi connectivity index (χ4v) is 3.37. The third-order valence-electron chi connectivity index (χ3n) is 3.76. The minimum atomic E-state index is -3.86. The van der Waals surface area contributed by atoms with Crippen molar-refractivity contribution < 1.29 is 22.7 Å². The molecule has 0 bridgehead atoms. The van der Waals surface area contributed by atoms with Crippen molar-refractivity contribution >= 4 is 39.1 Å². The van der Waals surface area contributed by atoms with E-state index in [9.17, 15) is 18.0 Å². The van der Waals surface area contributed by atoms with Gasteiger partial charge in [0, 0.05) is 13.1 Å². The van der Waals surface area contributed by atoms with Gasteiger partial charge in [0.1, 0.15) is 10.7 Å². The summed E-state index contributed by atoms with van der Waals surface area (Å²) in [6, 6.07) is 5.13. The van der Waals surface area contributed by atoms with Crippen LogP contribution in [-0.2, 0) is 24.3 Å². The average molecular weight is 372 g/mol. The number of benzene rings is 1. The third-order valence-corrected chi connectivity index (χ3v) is 5.03. The van der Waals surface area contributed by atoms with Crippen molar-refractivity contribution in [2.24, 2.45) is 5.14 Å². The van der Waals surface area contributed by atoms with Crippen LogP contribution in [-0.4, -0.2) is 51.4 Å². The lowest BCUT2D eigenvalue weighted by atomic mass is 10.3. The number of halogens is 1. The molecule has 2 aliphatic rings. The summed E-state index contributed by atoms with van der Waals surface area (Å²) in [5.41, 5.74) is 0.360. The molecule has 2 amide bonds. The summed E-state index contributed by atoms with van der Waals surface area (Å²) in [6.45, 7) is 1.81. The number of ether oxygens (including phenoxy) is 1. The summed E-state index contributed by atoms with van der Waals surface area (Å²) in [5, 5.41) is 4.88. The van der Waals surface area contributed by atoms with Crippen LogP contribution in [0.1, 0.15) is 0 Å². The van der Waals surface area contributed by atoms with Crippen LogP contribution in [0.3, 0.4) is 0 Å². The topological polar surface area (TPSA) is 110 Å². The zero-order valence-corrected chi connectivity index (χ0v) is 14.0. The number of anilines is 1. The van der Waals surface area contributed by atoms with Crippen LogP contribution in [0.15, 0.2) is 39.9 Å². The van der Waals surface area contributed by atoms with Crippen molar-refractivity contribution in [1.29, 1.82) is 0 Å². The lowest BCUT2D eigenvalue weighted by Crippen LogP contribution is -2.40. The molecular weight excluding hydrogens is 358 g/mol. The molecule has 10 heteroatoms. The maximum absolute atomic E-state index is 12.6. The molecule has 0 atom stereocenters. The molecule has 0 unspecified atom stereocenters. The monoisotopic (exact) mass is 371 g/mol. The minimum Gasteiger partial charge on any atom is -0.378 e. The van der Waals surface area contributed by atoms with Crippen molar-refractivity contribution in [2.75, 3.05) is 31.2 Å². The van der Waals surface area contributed by atoms with Crippen molar-refractivity contribution in [1.82, 2.24) is 4.90 Å². The number of carbonyl (C=O) groups excluding carboxylic acids is 2. The Morgan fingerprint density at radius 2 is 1.62 bits per heavy atom. The van der Waals surface area contributed by atoms with Gasteiger partial charge in [0.25, 0.3) is 11.8 Å². The normalized spacial score (nSPS) is 19.4. The number of morpholine rings is 1. The number of sulfonamides is 1. The molecule has 24 heavy (non-hydrogen) atoms. The van der Waals surface area contributed by atoms with E-state index in [-0.39, 0.29) is 21.3 Å². The summed E-state index contributed by atoms with van der Waals surface area (Å²) in [5.74, 6) is -1.19. The number of rotatable bonds is 3. The number of primary sulfonamides is 1. The summed E-state index contributed by atoms with van der Waals surface area (Å²) in [6.07, 6.45) is 0. The fourth-order valence-electron chi connectivity index (χ4n) is 2.57. The molecule has 0 spiro atoms. The first kappa shape index (κ1) is 16.9. The fraction of sp³-hybridized carbons (Fsp3) is 0.286. The van der Waals surface area contributed by atoms with Gasteiger partial charge in [-0.15, -0.1) is 0 Å². The Labute approximate surface area is 143 Å². The van der Waals surface area contributed by atoms with E-state index < -0.39 is 21.8 Å². The first-order chi connectivity index (χ1) is 11.3. The van der Waals surface area contributed by atoms with Gasteiger partial charge in [-0.05, 0) is 24.3 Å². The first-order valence-corrected chi connectivity index (χ1v) is 8.97. The second-order valence-corrected chi connectivity index (χ2v) is 7.19. The summed E-state index contributed by atoms with van der Waals surface area (Å²) < 4.78 is 27.8. The van der Waals surface area contributed by atoms with E-state index in [0.717, 1.165) is 4.90 Å². The second kappa shape index (κ2) is 6.17. The van der Waals surface area contributed by atoms with E-state index >= 15 is 0 Å². The Morgan fingerprint density at radius 3 is 2.17 bits per heavy atom. The molecule has 1 fully saturated rings. The summed E-state index contributed by atoms with van der Waals surface area (Å²) in [4.78, 5) is 27.5. The highest BCUT2D eigenvalue weighted by Crippen LogP contribution is 2.31. The molecule has 0 radical (unpaired) electrons. The summed E-state index contributed by atoms with van der Waals surface area (Å²) in [7, 11) is -3.86. The number of hydrogen-bond acceptors (Lipinski definition) is 6. The van der Waals surface area contributed by atoms with Crippen LogP contribution in [0.4, 0.5) is 5.69 Å². The molecule has 0 aromatic heterocycles. The van der Waals surface area contributed by atoms with Gasteiger partial charge in [-0.3, -0.25) is 9.59 Å². The molecule has 1 saturated heterocycles. The highest BCUT2D eigenvalue weighted by molar-refractivity contribution is 7.89. The van der Waals surface area contributed by atoms with E-state index in [4.69, 9.17) is 21.5 Å². The molecule has 128 valence electrons. The summed E-state index contributed by atoms with van der Waals surface area (Å²) >= 11 is 6.07. The van der Waals surface area contributed by atoms with Crippen LogP contribution < -0.4 is 10.0 Å². The predicted molar refractivity (Wildman–Crippen MR) is 85.6 cm³/mol. The van der Waals surface area contributed by atoms with Crippen LogP contribution in [0.25, 0.3) is 0 Å². The van der Waals surface area contributed by atoms with Crippen molar-refractivity contribution in [2.45, 2.75) is 4.90 Å². The molecule has 2 aliphatic heterocycles. The quantitative estimate of drug-likeness (QED) is 0.748. The molecule has 2 N–H and O–H groups in total. The van der Waals surface area contributed by atoms with Crippen LogP contribution >= 0.6 is 11.6 Å². The van der Waals surface area contributed by atoms with Crippen LogP contribution in [0.2, 0.25) is 0 Å². The Kier molecular flexibility index (Phi) is 4.35. The largest absolute Gasteiger partial charge is 0.378 e. The predicted octanol–water partition coefficient (Wildman–Crippen LogP) is -0.0102. The second-order valence-electron chi connectivity index (χ2n) is 5.25. The van der Waals surface area contributed by atoms with E-state index in [1.165, 1.54) is 24.3 Å². The Balaban J connectivity index is 1.91. The van der Waals surface area contributed by atoms with Crippen molar-refractivity contribution in [3.8, 4) is 0 Å². The number of hydrogen-bond donors (Lipinski definition) is 1. The maximum Gasteiger partial charge on any atom is 0.283 e. The van der Waals surface area contributed by atoms with Crippen LogP contribution in [0, 0.1) is 0 Å². The third kappa shape index (κ3) is 2.91. The van der Waals surface area contributed by atoms with Gasteiger partial charge in [-0.1, -0.05) is 11.6 Å². The standard InChI is InChI=1S/C14H14ClN3O5S/c15-11-12(17-5-7-23-8-6-17)14(20)18(13(11)19)9-1-3-10(4-2-9)24(16,21)22/h1-4H,5-8H2,(H2,16,21,22). The van der Waals surface area contributed by atoms with Crippen LogP contribution in [0.5, 0.6) is 0 Å². The number of nitrogens with zero attached hydrogens (tertiary/aromatic N) is 2. The lowest BCUT2D eigenvalue weighted by Gasteiger charge is -2.29. The van der Waals surface area contributed by atoms with Gasteiger partial charge in [0.05, 0.1) is 23.8 Å². The van der Waals surface area contributed by atoms with Crippen molar-refractivity contribution in [3.05, 3.63) is 35.0 Å². The zero-order chi connectivity index (χ0) is 17.5. The Hall–Kier alpha value is -1.94. The molecule has 0 aliphatic carbocycles. The zero-order valence-electron chi connectivity index (χ0n) is 12.4. The van der Waals surface area contributed by atoms with E-state index in [0.29, 0.717) is 26.3 Å². The maximum atomic E-state index is 12.6. The van der Waals surface area contributed by atoms with Crippen molar-refractivity contribution in [3.63, 3.8) is 0 Å². The SMILES string of the molecule is NS(=O)(=O)c1ccc(N2C(=O)C(Cl)=C(N3CCOCC3)C2=O)cc1. The van der Waals surface area contributed by atoms with E-state index in [1.807, 2.05) is 0 Å². The van der Waals surface area contributed by atoms with Gasteiger partial charge in [0.15, 0.2) is 0 Å². The Morgan fingerprint density at radius 1 is 1.04 bits per heavy atom. The van der Waals surface area contributed by atoms with E-state index in [1.54, 1.807) is 4.90 Å². The molecule has 1 aromatic rings. The molecular formula is C14H14ClN3O5S. The van der Waals surface area contributed by atoms with Gasteiger partial charge < -0.3 is 9.64 Å². The molecule has 2 heterocycles. The molecule has 0 saturated carbocycles. The van der Waals surface area contributed by atoms with Gasteiger partial charge >= 0.3 is 0 Å². The highest BCUT2D eigenvalue weighted by atomic mass is 35.5. The number of amides is 2. The lowest BCUT2D eigenvalue weighted by molar-refractivity contribution is -0.121. The number of imide groups is 1. The molecule has 8 nitrogen and oxygen atoms in total. The molecule has 3 rings (SSSR count). The number of nitrogens with two attached hydrogens (primary N) is 1.